The van der Waals surface area contributed by atoms with Crippen LogP contribution in [0.15, 0.2) is 83.8 Å². The van der Waals surface area contributed by atoms with Crippen LogP contribution < -0.4 is 20.3 Å². The number of hydrogen-bond acceptors (Lipinski definition) is 8. The van der Waals surface area contributed by atoms with Crippen LogP contribution in [0.1, 0.15) is 50.0 Å². The lowest BCUT2D eigenvalue weighted by Crippen LogP contribution is -2.53. The number of carbonyl (C=O) groups is 3. The van der Waals surface area contributed by atoms with Crippen LogP contribution in [0.25, 0.3) is 0 Å². The van der Waals surface area contributed by atoms with Crippen molar-refractivity contribution in [3.05, 3.63) is 90.0 Å². The van der Waals surface area contributed by atoms with E-state index in [2.05, 4.69) is 10.6 Å². The summed E-state index contributed by atoms with van der Waals surface area (Å²) in [6.07, 6.45) is -2.42. The summed E-state index contributed by atoms with van der Waals surface area (Å²) in [6.45, 7) is 7.28. The molecule has 13 heteroatoms. The molecule has 3 aromatic rings. The number of methoxy groups -OCH3 is 1. The van der Waals surface area contributed by atoms with Gasteiger partial charge in [0.15, 0.2) is 6.10 Å². The number of nitrogens with zero attached hydrogens (tertiary/aromatic N) is 2. The Morgan fingerprint density at radius 2 is 1.71 bits per heavy atom. The molecule has 49 heavy (non-hydrogen) atoms. The number of benzene rings is 3. The van der Waals surface area contributed by atoms with E-state index >= 15 is 0 Å². The summed E-state index contributed by atoms with van der Waals surface area (Å²) < 4.78 is 39.7. The van der Waals surface area contributed by atoms with E-state index in [1.165, 1.54) is 28.4 Å². The first kappa shape index (κ1) is 37.4. The summed E-state index contributed by atoms with van der Waals surface area (Å²) in [7, 11) is -2.62. The second kappa shape index (κ2) is 16.8. The van der Waals surface area contributed by atoms with E-state index in [0.717, 1.165) is 5.56 Å². The third kappa shape index (κ3) is 9.80. The molecule has 1 aliphatic rings. The molecular weight excluding hydrogens is 648 g/mol. The lowest BCUT2D eigenvalue weighted by Gasteiger charge is -2.31. The standard InChI is InChI=1S/C36H46N4O8S/c1-6-25(4)21-39(49(45,46)30-17-11-16-29(20-30)47-5)22-32(41)31(18-26-12-8-7-9-13-26)38-35(43)33-23-40(36(44)48-33)28-15-10-14-27(19-28)34(42)37-24(2)3/h7-17,19-20,24-25,31-33,41H,6,18,21-23H2,1-5H3,(H,37,42)(H,38,43)/t25-,31-,32+,33?/m0/s1. The maximum absolute atomic E-state index is 13.9. The van der Waals surface area contributed by atoms with E-state index < -0.39 is 40.3 Å². The highest BCUT2D eigenvalue weighted by Crippen LogP contribution is 2.25. The highest BCUT2D eigenvalue weighted by Gasteiger charge is 2.39. The normalized spacial score (nSPS) is 16.6. The zero-order valence-electron chi connectivity index (χ0n) is 28.5. The Labute approximate surface area is 288 Å². The van der Waals surface area contributed by atoms with Crippen molar-refractivity contribution < 1.29 is 37.4 Å². The highest BCUT2D eigenvalue weighted by molar-refractivity contribution is 7.89. The molecule has 0 bridgehead atoms. The molecule has 3 N–H and O–H groups in total. The van der Waals surface area contributed by atoms with Crippen molar-refractivity contribution in [3.8, 4) is 5.75 Å². The number of ether oxygens (including phenoxy) is 2. The van der Waals surface area contributed by atoms with Gasteiger partial charge < -0.3 is 25.2 Å². The van der Waals surface area contributed by atoms with Gasteiger partial charge in [-0.15, -0.1) is 0 Å². The number of aliphatic hydroxyl groups excluding tert-OH is 1. The van der Waals surface area contributed by atoms with E-state index in [1.807, 2.05) is 58.0 Å². The second-order valence-electron chi connectivity index (χ2n) is 12.5. The predicted molar refractivity (Wildman–Crippen MR) is 186 cm³/mol. The zero-order chi connectivity index (χ0) is 35.7. The first-order chi connectivity index (χ1) is 23.3. The lowest BCUT2D eigenvalue weighted by atomic mass is 10.0. The van der Waals surface area contributed by atoms with Crippen LogP contribution in [0.5, 0.6) is 5.75 Å². The number of sulfonamides is 1. The van der Waals surface area contributed by atoms with E-state index in [4.69, 9.17) is 9.47 Å². The molecule has 1 fully saturated rings. The Morgan fingerprint density at radius 1 is 1.00 bits per heavy atom. The zero-order valence-corrected chi connectivity index (χ0v) is 29.4. The summed E-state index contributed by atoms with van der Waals surface area (Å²) in [6, 6.07) is 20.8. The molecule has 264 valence electrons. The summed E-state index contributed by atoms with van der Waals surface area (Å²) in [4.78, 5) is 40.4. The van der Waals surface area contributed by atoms with Crippen molar-refractivity contribution in [1.29, 1.82) is 0 Å². The minimum absolute atomic E-state index is 0.0198. The van der Waals surface area contributed by atoms with E-state index in [-0.39, 0.29) is 48.8 Å². The molecule has 4 atom stereocenters. The first-order valence-electron chi connectivity index (χ1n) is 16.4. The third-order valence-electron chi connectivity index (χ3n) is 8.32. The van der Waals surface area contributed by atoms with Gasteiger partial charge in [0.1, 0.15) is 5.75 Å². The van der Waals surface area contributed by atoms with Crippen molar-refractivity contribution in [2.75, 3.05) is 31.6 Å². The van der Waals surface area contributed by atoms with Gasteiger partial charge in [0, 0.05) is 36.4 Å². The summed E-state index contributed by atoms with van der Waals surface area (Å²) in [5, 5.41) is 17.3. The molecule has 1 aliphatic heterocycles. The Balaban J connectivity index is 1.56. The summed E-state index contributed by atoms with van der Waals surface area (Å²) in [5.41, 5.74) is 1.54. The van der Waals surface area contributed by atoms with Crippen molar-refractivity contribution in [3.63, 3.8) is 0 Å². The molecule has 3 aromatic carbocycles. The summed E-state index contributed by atoms with van der Waals surface area (Å²) in [5.74, 6) is -0.584. The summed E-state index contributed by atoms with van der Waals surface area (Å²) >= 11 is 0. The fraction of sp³-hybridized carbons (Fsp3) is 0.417. The molecule has 1 unspecified atom stereocenters. The molecule has 4 rings (SSSR count). The van der Waals surface area contributed by atoms with Gasteiger partial charge in [-0.1, -0.05) is 62.7 Å². The number of rotatable bonds is 16. The van der Waals surface area contributed by atoms with E-state index in [9.17, 15) is 27.9 Å². The van der Waals surface area contributed by atoms with Crippen LogP contribution in [0, 0.1) is 5.92 Å². The molecule has 1 saturated heterocycles. The number of cyclic esters (lactones) is 1. The molecule has 0 aromatic heterocycles. The molecule has 12 nitrogen and oxygen atoms in total. The number of aliphatic hydroxyl groups is 1. The van der Waals surface area contributed by atoms with Crippen LogP contribution in [-0.2, 0) is 26.0 Å². The van der Waals surface area contributed by atoms with Crippen molar-refractivity contribution >= 4 is 33.6 Å². The van der Waals surface area contributed by atoms with Gasteiger partial charge in [-0.25, -0.2) is 13.2 Å². The third-order valence-corrected chi connectivity index (χ3v) is 10.1. The molecule has 1 heterocycles. The number of nitrogens with one attached hydrogen (secondary N) is 2. The van der Waals surface area contributed by atoms with E-state index in [0.29, 0.717) is 23.4 Å². The Morgan fingerprint density at radius 3 is 2.39 bits per heavy atom. The van der Waals surface area contributed by atoms with Crippen LogP contribution in [0.4, 0.5) is 10.5 Å². The maximum Gasteiger partial charge on any atom is 0.415 e. The van der Waals surface area contributed by atoms with Gasteiger partial charge >= 0.3 is 6.09 Å². The highest BCUT2D eigenvalue weighted by atomic mass is 32.2. The fourth-order valence-corrected chi connectivity index (χ4v) is 7.01. The van der Waals surface area contributed by atoms with Crippen molar-refractivity contribution in [2.24, 2.45) is 5.92 Å². The molecule has 0 aliphatic carbocycles. The van der Waals surface area contributed by atoms with Gasteiger partial charge in [-0.3, -0.25) is 14.5 Å². The predicted octanol–water partition coefficient (Wildman–Crippen LogP) is 3.98. The van der Waals surface area contributed by atoms with Gasteiger partial charge in [0.25, 0.3) is 11.8 Å². The van der Waals surface area contributed by atoms with Gasteiger partial charge in [-0.05, 0) is 62.1 Å². The van der Waals surface area contributed by atoms with Gasteiger partial charge in [0.2, 0.25) is 10.0 Å². The maximum atomic E-state index is 13.9. The van der Waals surface area contributed by atoms with E-state index in [1.54, 1.807) is 36.4 Å². The number of hydrogen-bond donors (Lipinski definition) is 3. The number of carbonyl (C=O) groups excluding carboxylic acids is 3. The van der Waals surface area contributed by atoms with Gasteiger partial charge in [0.05, 0.1) is 30.7 Å². The molecule has 3 amide bonds. The largest absolute Gasteiger partial charge is 0.497 e. The topological polar surface area (TPSA) is 155 Å². The number of anilines is 1. The monoisotopic (exact) mass is 694 g/mol. The van der Waals surface area contributed by atoms with Crippen LogP contribution in [0.3, 0.4) is 0 Å². The second-order valence-corrected chi connectivity index (χ2v) is 14.5. The Kier molecular flexibility index (Phi) is 12.8. The quantitative estimate of drug-likeness (QED) is 0.204. The molecule has 0 spiro atoms. The fourth-order valence-electron chi connectivity index (χ4n) is 5.39. The SMILES string of the molecule is CC[C@H](C)CN(C[C@@H](O)[C@H](Cc1ccccc1)NC(=O)C1CN(c2cccc(C(=O)NC(C)C)c2)C(=O)O1)S(=O)(=O)c1cccc(OC)c1. The van der Waals surface area contributed by atoms with Crippen LogP contribution in [0.2, 0.25) is 0 Å². The number of amides is 3. The molecular formula is C36H46N4O8S. The molecule has 0 saturated carbocycles. The molecule has 0 radical (unpaired) electrons. The van der Waals surface area contributed by atoms with Crippen LogP contribution in [-0.4, -0.2) is 86.8 Å². The minimum Gasteiger partial charge on any atom is -0.497 e. The average Bonchev–Trinajstić information content (AvgIpc) is 3.49. The first-order valence-corrected chi connectivity index (χ1v) is 17.8. The van der Waals surface area contributed by atoms with Gasteiger partial charge in [-0.2, -0.15) is 4.31 Å². The Bertz CT molecular complexity index is 1700. The minimum atomic E-state index is -4.07. The Hall–Kier alpha value is -4.46. The lowest BCUT2D eigenvalue weighted by molar-refractivity contribution is -0.129. The smallest absolute Gasteiger partial charge is 0.415 e. The van der Waals surface area contributed by atoms with Crippen LogP contribution >= 0.6 is 0 Å². The van der Waals surface area contributed by atoms with Crippen molar-refractivity contribution in [1.82, 2.24) is 14.9 Å². The van der Waals surface area contributed by atoms with Crippen molar-refractivity contribution in [2.45, 2.75) is 69.7 Å². The average molecular weight is 695 g/mol.